The molecule has 0 bridgehead atoms. The second-order valence-electron chi connectivity index (χ2n) is 3.84. The Morgan fingerprint density at radius 2 is 1.80 bits per heavy atom. The van der Waals surface area contributed by atoms with Gasteiger partial charge in [0.1, 0.15) is 11.5 Å². The monoisotopic (exact) mass is 207 g/mol. The number of nitrogens with one attached hydrogen (secondary N) is 1. The highest BCUT2D eigenvalue weighted by Crippen LogP contribution is 2.30. The van der Waals surface area contributed by atoms with Crippen molar-refractivity contribution >= 4 is 0 Å². The second-order valence-corrected chi connectivity index (χ2v) is 3.84. The molecular formula is C12H17NO2. The van der Waals surface area contributed by atoms with Crippen molar-refractivity contribution < 1.29 is 9.47 Å². The molecule has 0 aliphatic carbocycles. The van der Waals surface area contributed by atoms with Gasteiger partial charge in [-0.25, -0.2) is 0 Å². The lowest BCUT2D eigenvalue weighted by molar-refractivity contribution is 0.393. The molecule has 1 heterocycles. The third kappa shape index (κ3) is 2.23. The molecule has 82 valence electrons. The van der Waals surface area contributed by atoms with Crippen LogP contribution in [0, 0.1) is 0 Å². The summed E-state index contributed by atoms with van der Waals surface area (Å²) >= 11 is 0. The highest BCUT2D eigenvalue weighted by Gasteiger charge is 2.17. The Kier molecular flexibility index (Phi) is 3.11. The zero-order chi connectivity index (χ0) is 10.7. The summed E-state index contributed by atoms with van der Waals surface area (Å²) in [4.78, 5) is 0. The molecule has 0 aromatic heterocycles. The zero-order valence-electron chi connectivity index (χ0n) is 9.25. The van der Waals surface area contributed by atoms with E-state index < -0.39 is 0 Å². The van der Waals surface area contributed by atoms with Crippen LogP contribution in [0.25, 0.3) is 0 Å². The molecule has 0 saturated carbocycles. The minimum Gasteiger partial charge on any atom is -0.497 e. The van der Waals surface area contributed by atoms with Crippen molar-refractivity contribution in [3.05, 3.63) is 23.8 Å². The molecule has 3 nitrogen and oxygen atoms in total. The van der Waals surface area contributed by atoms with Crippen molar-refractivity contribution in [2.24, 2.45) is 0 Å². The van der Waals surface area contributed by atoms with Crippen LogP contribution in [0.1, 0.15) is 17.9 Å². The molecule has 3 heteroatoms. The molecule has 0 amide bonds. The van der Waals surface area contributed by atoms with Crippen LogP contribution >= 0.6 is 0 Å². The van der Waals surface area contributed by atoms with Gasteiger partial charge in [-0.2, -0.15) is 0 Å². The second kappa shape index (κ2) is 4.53. The third-order valence-electron chi connectivity index (χ3n) is 2.91. The van der Waals surface area contributed by atoms with E-state index in [0.29, 0.717) is 5.92 Å². The summed E-state index contributed by atoms with van der Waals surface area (Å²) in [6, 6.07) is 6.10. The first-order valence-corrected chi connectivity index (χ1v) is 5.27. The molecule has 1 fully saturated rings. The van der Waals surface area contributed by atoms with Gasteiger partial charge in [-0.05, 0) is 36.6 Å². The Morgan fingerprint density at radius 1 is 1.13 bits per heavy atom. The summed E-state index contributed by atoms with van der Waals surface area (Å²) in [6.45, 7) is 2.15. The normalized spacial score (nSPS) is 20.3. The average Bonchev–Trinajstić information content (AvgIpc) is 2.81. The maximum Gasteiger partial charge on any atom is 0.122 e. The molecule has 1 aromatic rings. The van der Waals surface area contributed by atoms with Crippen LogP contribution < -0.4 is 14.8 Å². The summed E-state index contributed by atoms with van der Waals surface area (Å²) < 4.78 is 10.5. The number of benzene rings is 1. The van der Waals surface area contributed by atoms with Gasteiger partial charge in [0.2, 0.25) is 0 Å². The minimum atomic E-state index is 0.592. The van der Waals surface area contributed by atoms with E-state index in [0.717, 1.165) is 24.6 Å². The van der Waals surface area contributed by atoms with Gasteiger partial charge in [-0.1, -0.05) is 0 Å². The molecule has 15 heavy (non-hydrogen) atoms. The quantitative estimate of drug-likeness (QED) is 0.819. The summed E-state index contributed by atoms with van der Waals surface area (Å²) in [5, 5.41) is 3.36. The van der Waals surface area contributed by atoms with E-state index in [1.54, 1.807) is 14.2 Å². The van der Waals surface area contributed by atoms with E-state index in [9.17, 15) is 0 Å². The molecule has 1 atom stereocenters. The summed E-state index contributed by atoms with van der Waals surface area (Å²) in [6.07, 6.45) is 1.19. The van der Waals surface area contributed by atoms with Gasteiger partial charge < -0.3 is 14.8 Å². The first kappa shape index (κ1) is 10.3. The fraction of sp³-hybridized carbons (Fsp3) is 0.500. The smallest absolute Gasteiger partial charge is 0.122 e. The summed E-state index contributed by atoms with van der Waals surface area (Å²) in [5.74, 6) is 2.33. The van der Waals surface area contributed by atoms with E-state index in [1.165, 1.54) is 12.0 Å². The van der Waals surface area contributed by atoms with Crippen molar-refractivity contribution in [2.45, 2.75) is 12.3 Å². The number of ether oxygens (including phenoxy) is 2. The first-order chi connectivity index (χ1) is 7.33. The van der Waals surface area contributed by atoms with E-state index in [2.05, 4.69) is 17.4 Å². The Morgan fingerprint density at radius 3 is 2.27 bits per heavy atom. The van der Waals surface area contributed by atoms with Gasteiger partial charge in [0, 0.05) is 12.6 Å². The Hall–Kier alpha value is -1.22. The maximum atomic E-state index is 5.26. The van der Waals surface area contributed by atoms with Gasteiger partial charge in [0.15, 0.2) is 0 Å². The highest BCUT2D eigenvalue weighted by molar-refractivity contribution is 5.40. The van der Waals surface area contributed by atoms with Crippen molar-refractivity contribution in [2.75, 3.05) is 27.3 Å². The number of methoxy groups -OCH3 is 2. The molecule has 0 spiro atoms. The van der Waals surface area contributed by atoms with Crippen LogP contribution in [0.15, 0.2) is 18.2 Å². The molecule has 1 saturated heterocycles. The highest BCUT2D eigenvalue weighted by atomic mass is 16.5. The van der Waals surface area contributed by atoms with Crippen LogP contribution in [0.4, 0.5) is 0 Å². The van der Waals surface area contributed by atoms with Crippen LogP contribution in [0.5, 0.6) is 11.5 Å². The molecule has 2 rings (SSSR count). The first-order valence-electron chi connectivity index (χ1n) is 5.27. The molecule has 0 radical (unpaired) electrons. The van der Waals surface area contributed by atoms with Crippen LogP contribution in [-0.4, -0.2) is 27.3 Å². The van der Waals surface area contributed by atoms with Crippen molar-refractivity contribution in [3.8, 4) is 11.5 Å². The van der Waals surface area contributed by atoms with E-state index in [1.807, 2.05) is 6.07 Å². The molecule has 1 aromatic carbocycles. The van der Waals surface area contributed by atoms with Crippen LogP contribution in [0.3, 0.4) is 0 Å². The SMILES string of the molecule is COc1cc(OC)cc([C@H]2CCNC2)c1. The van der Waals surface area contributed by atoms with E-state index in [-0.39, 0.29) is 0 Å². The van der Waals surface area contributed by atoms with Gasteiger partial charge in [0.05, 0.1) is 14.2 Å². The Bertz CT molecular complexity index is 310. The van der Waals surface area contributed by atoms with Gasteiger partial charge in [0.25, 0.3) is 0 Å². The van der Waals surface area contributed by atoms with Crippen molar-refractivity contribution in [3.63, 3.8) is 0 Å². The molecule has 0 unspecified atom stereocenters. The molecule has 1 aliphatic rings. The number of hydrogen-bond donors (Lipinski definition) is 1. The Balaban J connectivity index is 2.28. The number of rotatable bonds is 3. The fourth-order valence-corrected chi connectivity index (χ4v) is 2.00. The van der Waals surface area contributed by atoms with E-state index >= 15 is 0 Å². The van der Waals surface area contributed by atoms with Crippen molar-refractivity contribution in [1.29, 1.82) is 0 Å². The van der Waals surface area contributed by atoms with Crippen LogP contribution in [0.2, 0.25) is 0 Å². The average molecular weight is 207 g/mol. The van der Waals surface area contributed by atoms with Gasteiger partial charge >= 0.3 is 0 Å². The predicted molar refractivity (Wildman–Crippen MR) is 59.8 cm³/mol. The summed E-state index contributed by atoms with van der Waals surface area (Å²) in [7, 11) is 3.37. The third-order valence-corrected chi connectivity index (χ3v) is 2.91. The molecular weight excluding hydrogens is 190 g/mol. The molecule has 1 aliphatic heterocycles. The summed E-state index contributed by atoms with van der Waals surface area (Å²) in [5.41, 5.74) is 1.30. The lowest BCUT2D eigenvalue weighted by atomic mass is 9.98. The van der Waals surface area contributed by atoms with Crippen LogP contribution in [-0.2, 0) is 0 Å². The zero-order valence-corrected chi connectivity index (χ0v) is 9.25. The number of hydrogen-bond acceptors (Lipinski definition) is 3. The predicted octanol–water partition coefficient (Wildman–Crippen LogP) is 1.78. The molecule has 1 N–H and O–H groups in total. The standard InChI is InChI=1S/C12H17NO2/c1-14-11-5-10(6-12(7-11)15-2)9-3-4-13-8-9/h5-7,9,13H,3-4,8H2,1-2H3/t9-/m0/s1. The van der Waals surface area contributed by atoms with Gasteiger partial charge in [-0.3, -0.25) is 0 Å². The Labute approximate surface area is 90.4 Å². The fourth-order valence-electron chi connectivity index (χ4n) is 2.00. The van der Waals surface area contributed by atoms with Gasteiger partial charge in [-0.15, -0.1) is 0 Å². The maximum absolute atomic E-state index is 5.26. The lowest BCUT2D eigenvalue weighted by Crippen LogP contribution is -2.08. The largest absolute Gasteiger partial charge is 0.497 e. The van der Waals surface area contributed by atoms with Crippen molar-refractivity contribution in [1.82, 2.24) is 5.32 Å². The topological polar surface area (TPSA) is 30.5 Å². The lowest BCUT2D eigenvalue weighted by Gasteiger charge is -2.12. The van der Waals surface area contributed by atoms with E-state index in [4.69, 9.17) is 9.47 Å². The minimum absolute atomic E-state index is 0.592.